The van der Waals surface area contributed by atoms with E-state index in [0.717, 1.165) is 0 Å². The summed E-state index contributed by atoms with van der Waals surface area (Å²) < 4.78 is 25.3. The van der Waals surface area contributed by atoms with E-state index in [9.17, 15) is 0 Å². The number of hydrogen-bond donors (Lipinski definition) is 0. The van der Waals surface area contributed by atoms with Crippen LogP contribution in [0, 0.1) is 0 Å². The second kappa shape index (κ2) is 4.99. The van der Waals surface area contributed by atoms with E-state index in [0.29, 0.717) is 0 Å². The molecule has 5 heteroatoms. The van der Waals surface area contributed by atoms with Crippen LogP contribution in [0.5, 0.6) is 0 Å². The van der Waals surface area contributed by atoms with Gasteiger partial charge in [0.15, 0.2) is 0 Å². The maximum atomic E-state index is 8.44. The van der Waals surface area contributed by atoms with Crippen molar-refractivity contribution in [2.24, 2.45) is 0 Å². The number of hydrogen-bond acceptors (Lipinski definition) is 3. The Kier molecular flexibility index (Phi) is 9.36. The Morgan fingerprint density at radius 1 is 1.40 bits per heavy atom. The van der Waals surface area contributed by atoms with Crippen LogP contribution in [-0.2, 0) is 11.4 Å². The maximum Gasteiger partial charge on any atom is 0 e. The molecule has 5 heavy (non-hydrogen) atoms. The molecule has 0 saturated carbocycles. The summed E-state index contributed by atoms with van der Waals surface area (Å²) in [5.41, 5.74) is 0. The first-order chi connectivity index (χ1) is 1.73. The minimum atomic E-state index is -3.11. The van der Waals surface area contributed by atoms with E-state index in [1.54, 1.807) is 0 Å². The predicted octanol–water partition coefficient (Wildman–Crippen LogP) is -1.38. The van der Waals surface area contributed by atoms with E-state index < -0.39 is 11.4 Å². The fourth-order valence-corrected chi connectivity index (χ4v) is 0. The van der Waals surface area contributed by atoms with Crippen molar-refractivity contribution >= 4 is 38.7 Å². The molecular weight excluding hydrogens is 287 g/mol. The van der Waals surface area contributed by atoms with Crippen LogP contribution in [0.15, 0.2) is 0 Å². The van der Waals surface area contributed by atoms with Gasteiger partial charge in [-0.1, -0.05) is 0 Å². The summed E-state index contributed by atoms with van der Waals surface area (Å²) in [6.07, 6.45) is 0. The molecule has 0 aromatic heterocycles. The van der Waals surface area contributed by atoms with Gasteiger partial charge in [-0.05, 0) is 0 Å². The smallest absolute Gasteiger partial charge is 0 e. The van der Waals surface area contributed by atoms with Crippen molar-refractivity contribution in [3.05, 3.63) is 0 Å². The van der Waals surface area contributed by atoms with Crippen molar-refractivity contribution in [1.82, 2.24) is 0 Å². The van der Waals surface area contributed by atoms with Gasteiger partial charge in [-0.3, -0.25) is 4.21 Å². The van der Waals surface area contributed by atoms with Gasteiger partial charge in [-0.2, -0.15) is 0 Å². The van der Waals surface area contributed by atoms with Crippen LogP contribution in [0.25, 0.3) is 0 Å². The largest absolute Gasteiger partial charge is 0.784 e. The van der Waals surface area contributed by atoms with Gasteiger partial charge in [0.05, 0.1) is 0 Å². The zero-order chi connectivity index (χ0) is 3.58. The van der Waals surface area contributed by atoms with Gasteiger partial charge in [0, 0.05) is 27.3 Å². The average molecular weight is 287 g/mol. The molecule has 0 amide bonds. The first kappa shape index (κ1) is 9.37. The molecule has 0 aromatic rings. The van der Waals surface area contributed by atoms with E-state index in [2.05, 4.69) is 0 Å². The summed E-state index contributed by atoms with van der Waals surface area (Å²) in [5.74, 6) is 0. The fourth-order valence-electron chi connectivity index (χ4n) is 0. The topological polar surface area (TPSA) is 63.2 Å². The van der Waals surface area contributed by atoms with E-state index in [4.69, 9.17) is 13.3 Å². The monoisotopic (exact) mass is 288 g/mol. The minimum Gasteiger partial charge on any atom is -0.784 e. The van der Waals surface area contributed by atoms with Crippen LogP contribution in [0.1, 0.15) is 0 Å². The van der Waals surface area contributed by atoms with Gasteiger partial charge in [0.2, 0.25) is 0 Å². The van der Waals surface area contributed by atoms with Crippen molar-refractivity contribution in [1.29, 1.82) is 0 Å². The first-order valence-electron chi connectivity index (χ1n) is 0.500. The molecule has 0 heterocycles. The first-order valence-corrected chi connectivity index (χ1v) is 1.50. The van der Waals surface area contributed by atoms with Crippen molar-refractivity contribution in [3.8, 4) is 0 Å². The zero-order valence-electron chi connectivity index (χ0n) is 2.13. The molecule has 0 spiro atoms. The van der Waals surface area contributed by atoms with Crippen molar-refractivity contribution in [2.45, 2.75) is 0 Å². The van der Waals surface area contributed by atoms with Crippen molar-refractivity contribution < 1.29 is 13.3 Å². The molecule has 0 bridgehead atoms. The SMILES string of the molecule is O=S([O-])[O-].[Pb]. The number of rotatable bonds is 0. The van der Waals surface area contributed by atoms with E-state index >= 15 is 0 Å². The summed E-state index contributed by atoms with van der Waals surface area (Å²) >= 11 is -3.11. The molecule has 0 saturated heterocycles. The van der Waals surface area contributed by atoms with Crippen LogP contribution < -0.4 is 0 Å². The maximum absolute atomic E-state index is 8.44. The van der Waals surface area contributed by atoms with Gasteiger partial charge in [0.25, 0.3) is 0 Å². The molecule has 0 aromatic carbocycles. The van der Waals surface area contributed by atoms with Crippen molar-refractivity contribution in [3.63, 3.8) is 0 Å². The van der Waals surface area contributed by atoms with Gasteiger partial charge in [0.1, 0.15) is 0 Å². The standard InChI is InChI=1S/H2O3S.Pb/c1-4(2)3;/h(H2,1,2,3);/p-2. The van der Waals surface area contributed by atoms with Gasteiger partial charge < -0.3 is 9.11 Å². The van der Waals surface area contributed by atoms with Crippen LogP contribution in [0.3, 0.4) is 0 Å². The molecule has 4 radical (unpaired) electrons. The molecule has 3 nitrogen and oxygen atoms in total. The van der Waals surface area contributed by atoms with Gasteiger partial charge in [-0.25, -0.2) is 0 Å². The summed E-state index contributed by atoms with van der Waals surface area (Å²) in [5, 5.41) is 0. The normalized spacial score (nSPS) is 7.00. The quantitative estimate of drug-likeness (QED) is 0.407. The zero-order valence-corrected chi connectivity index (χ0v) is 6.84. The van der Waals surface area contributed by atoms with Crippen LogP contribution >= 0.6 is 0 Å². The average Bonchev–Trinajstić information content (AvgIpc) is 0.811. The second-order valence-corrected chi connectivity index (χ2v) is 0.612. The van der Waals surface area contributed by atoms with Crippen LogP contribution in [0.4, 0.5) is 0 Å². The summed E-state index contributed by atoms with van der Waals surface area (Å²) in [7, 11) is 0. The summed E-state index contributed by atoms with van der Waals surface area (Å²) in [4.78, 5) is 0. The Balaban J connectivity index is 0. The third kappa shape index (κ3) is 45.4. The molecule has 0 aliphatic carbocycles. The Labute approximate surface area is 52.0 Å². The third-order valence-electron chi connectivity index (χ3n) is 0. The molecule has 0 atom stereocenters. The molecule has 0 aliphatic rings. The fraction of sp³-hybridized carbons (Fsp3) is 0. The third-order valence-corrected chi connectivity index (χ3v) is 0. The molecular formula is O3PbS-2. The molecule has 0 fully saturated rings. The van der Waals surface area contributed by atoms with E-state index in [-0.39, 0.29) is 27.3 Å². The molecule has 0 N–H and O–H groups in total. The molecule has 30 valence electrons. The molecule has 0 rings (SSSR count). The van der Waals surface area contributed by atoms with Crippen LogP contribution in [-0.4, -0.2) is 40.6 Å². The second-order valence-electron chi connectivity index (χ2n) is 0.204. The summed E-state index contributed by atoms with van der Waals surface area (Å²) in [6, 6.07) is 0. The minimum absolute atomic E-state index is 0. The van der Waals surface area contributed by atoms with Crippen LogP contribution in [0.2, 0.25) is 0 Å². The van der Waals surface area contributed by atoms with Gasteiger partial charge in [-0.15, -0.1) is 11.4 Å². The summed E-state index contributed by atoms with van der Waals surface area (Å²) in [6.45, 7) is 0. The van der Waals surface area contributed by atoms with Crippen molar-refractivity contribution in [2.75, 3.05) is 0 Å². The van der Waals surface area contributed by atoms with E-state index in [1.165, 1.54) is 0 Å². The Morgan fingerprint density at radius 3 is 1.40 bits per heavy atom. The molecule has 0 unspecified atom stereocenters. The Hall–Kier alpha value is 0.992. The van der Waals surface area contributed by atoms with E-state index in [1.807, 2.05) is 0 Å². The Morgan fingerprint density at radius 2 is 1.40 bits per heavy atom. The van der Waals surface area contributed by atoms with Gasteiger partial charge >= 0.3 is 0 Å². The predicted molar refractivity (Wildman–Crippen MR) is 15.5 cm³/mol. The molecule has 0 aliphatic heterocycles. The Bertz CT molecular complexity index is 29.9.